The largest absolute Gasteiger partial charge is 0.375 e. The second-order valence-electron chi connectivity index (χ2n) is 6.03. The average molecular weight is 319 g/mol. The van der Waals surface area contributed by atoms with Crippen LogP contribution in [0.15, 0.2) is 24.3 Å². The lowest BCUT2D eigenvalue weighted by atomic mass is 9.86. The number of carbonyl (C=O) groups is 2. The van der Waals surface area contributed by atoms with E-state index >= 15 is 0 Å². The van der Waals surface area contributed by atoms with Crippen molar-refractivity contribution in [3.63, 3.8) is 0 Å². The summed E-state index contributed by atoms with van der Waals surface area (Å²) in [7, 11) is 1.47. The molecule has 0 radical (unpaired) electrons. The molecule has 2 rings (SSSR count). The Hall–Kier alpha value is -2.08. The smallest absolute Gasteiger partial charge is 0.319 e. The van der Waals surface area contributed by atoms with Gasteiger partial charge in [-0.1, -0.05) is 19.8 Å². The summed E-state index contributed by atoms with van der Waals surface area (Å²) in [5, 5.41) is 8.57. The zero-order chi connectivity index (χ0) is 16.7. The van der Waals surface area contributed by atoms with Crippen molar-refractivity contribution in [2.75, 3.05) is 24.4 Å². The van der Waals surface area contributed by atoms with Gasteiger partial charge in [0.1, 0.15) is 6.61 Å². The predicted octanol–water partition coefficient (Wildman–Crippen LogP) is 2.97. The second kappa shape index (κ2) is 8.53. The van der Waals surface area contributed by atoms with Gasteiger partial charge >= 0.3 is 6.03 Å². The van der Waals surface area contributed by atoms with E-state index in [1.54, 1.807) is 24.3 Å². The predicted molar refractivity (Wildman–Crippen MR) is 90.5 cm³/mol. The van der Waals surface area contributed by atoms with Crippen LogP contribution < -0.4 is 16.0 Å². The number of rotatable bonds is 5. The number of hydrogen-bond acceptors (Lipinski definition) is 3. The molecule has 0 bridgehead atoms. The zero-order valence-corrected chi connectivity index (χ0v) is 13.7. The van der Waals surface area contributed by atoms with Crippen molar-refractivity contribution in [3.05, 3.63) is 24.3 Å². The summed E-state index contributed by atoms with van der Waals surface area (Å²) in [5.41, 5.74) is 1.36. The average Bonchev–Trinajstić information content (AvgIpc) is 2.52. The van der Waals surface area contributed by atoms with E-state index in [4.69, 9.17) is 4.74 Å². The summed E-state index contributed by atoms with van der Waals surface area (Å²) in [4.78, 5) is 23.5. The van der Waals surface area contributed by atoms with Crippen LogP contribution in [0.25, 0.3) is 0 Å². The van der Waals surface area contributed by atoms with Gasteiger partial charge in [-0.2, -0.15) is 0 Å². The summed E-state index contributed by atoms with van der Waals surface area (Å²) < 4.78 is 4.76. The molecule has 0 aromatic heterocycles. The Bertz CT molecular complexity index is 530. The number of anilines is 2. The first-order valence-electron chi connectivity index (χ1n) is 8.05. The molecule has 6 nitrogen and oxygen atoms in total. The quantitative estimate of drug-likeness (QED) is 0.780. The third kappa shape index (κ3) is 5.56. The van der Waals surface area contributed by atoms with Gasteiger partial charge in [0.15, 0.2) is 0 Å². The van der Waals surface area contributed by atoms with Crippen LogP contribution in [0.1, 0.15) is 32.6 Å². The van der Waals surface area contributed by atoms with E-state index in [-0.39, 0.29) is 24.6 Å². The highest BCUT2D eigenvalue weighted by atomic mass is 16.5. The first-order valence-corrected chi connectivity index (χ1v) is 8.05. The fraction of sp³-hybridized carbons (Fsp3) is 0.529. The molecular weight excluding hydrogens is 294 g/mol. The fourth-order valence-electron chi connectivity index (χ4n) is 2.83. The van der Waals surface area contributed by atoms with Crippen molar-refractivity contribution in [3.8, 4) is 0 Å². The number of carbonyl (C=O) groups excluding carboxylic acids is 2. The molecule has 0 saturated heterocycles. The van der Waals surface area contributed by atoms with Crippen molar-refractivity contribution < 1.29 is 14.3 Å². The minimum atomic E-state index is -0.211. The SMILES string of the molecule is COCC(=O)Nc1ccc(NC(=O)N[C@@H]2CCCC[C@H]2C)cc1. The van der Waals surface area contributed by atoms with Gasteiger partial charge in [0.25, 0.3) is 0 Å². The number of methoxy groups -OCH3 is 1. The van der Waals surface area contributed by atoms with Crippen molar-refractivity contribution in [2.24, 2.45) is 5.92 Å². The molecule has 0 spiro atoms. The maximum Gasteiger partial charge on any atom is 0.319 e. The molecule has 23 heavy (non-hydrogen) atoms. The summed E-state index contributed by atoms with van der Waals surface area (Å²) >= 11 is 0. The van der Waals surface area contributed by atoms with Gasteiger partial charge in [-0.3, -0.25) is 4.79 Å². The Morgan fingerprint density at radius 1 is 1.09 bits per heavy atom. The normalized spacial score (nSPS) is 20.6. The van der Waals surface area contributed by atoms with E-state index in [0.29, 0.717) is 17.3 Å². The van der Waals surface area contributed by atoms with Gasteiger partial charge in [-0.25, -0.2) is 4.79 Å². The van der Waals surface area contributed by atoms with Crippen LogP contribution in [0.3, 0.4) is 0 Å². The third-order valence-electron chi connectivity index (χ3n) is 4.13. The number of hydrogen-bond donors (Lipinski definition) is 3. The number of urea groups is 1. The molecule has 1 fully saturated rings. The topological polar surface area (TPSA) is 79.5 Å². The van der Waals surface area contributed by atoms with E-state index in [1.807, 2.05) is 0 Å². The Labute approximate surface area is 137 Å². The summed E-state index contributed by atoms with van der Waals surface area (Å²) in [6.07, 6.45) is 4.63. The van der Waals surface area contributed by atoms with Crippen LogP contribution in [-0.4, -0.2) is 31.7 Å². The first kappa shape index (κ1) is 17.3. The van der Waals surface area contributed by atoms with Crippen molar-refractivity contribution >= 4 is 23.3 Å². The standard InChI is InChI=1S/C17H25N3O3/c1-12-5-3-4-6-15(12)20-17(22)19-14-9-7-13(8-10-14)18-16(21)11-23-2/h7-10,12,15H,3-6,11H2,1-2H3,(H,18,21)(H2,19,20,22)/t12-,15-/m1/s1. The number of nitrogens with one attached hydrogen (secondary N) is 3. The summed E-state index contributed by atoms with van der Waals surface area (Å²) in [6, 6.07) is 7.06. The molecule has 1 aromatic carbocycles. The lowest BCUT2D eigenvalue weighted by molar-refractivity contribution is -0.119. The summed E-state index contributed by atoms with van der Waals surface area (Å²) in [5.74, 6) is 0.310. The molecular formula is C17H25N3O3. The third-order valence-corrected chi connectivity index (χ3v) is 4.13. The molecule has 1 aromatic rings. The highest BCUT2D eigenvalue weighted by molar-refractivity contribution is 5.93. The molecule has 1 aliphatic rings. The Morgan fingerprint density at radius 2 is 1.70 bits per heavy atom. The zero-order valence-electron chi connectivity index (χ0n) is 13.7. The number of amides is 3. The Morgan fingerprint density at radius 3 is 2.30 bits per heavy atom. The van der Waals surface area contributed by atoms with Crippen LogP contribution in [-0.2, 0) is 9.53 Å². The molecule has 0 unspecified atom stereocenters. The maximum absolute atomic E-state index is 12.1. The van der Waals surface area contributed by atoms with Crippen molar-refractivity contribution in [1.82, 2.24) is 5.32 Å². The Balaban J connectivity index is 1.82. The van der Waals surface area contributed by atoms with E-state index in [1.165, 1.54) is 26.4 Å². The van der Waals surface area contributed by atoms with Gasteiger partial charge < -0.3 is 20.7 Å². The molecule has 1 aliphatic carbocycles. The lowest BCUT2D eigenvalue weighted by Gasteiger charge is -2.29. The van der Waals surface area contributed by atoms with Crippen molar-refractivity contribution in [2.45, 2.75) is 38.6 Å². The fourth-order valence-corrected chi connectivity index (χ4v) is 2.83. The van der Waals surface area contributed by atoms with E-state index in [9.17, 15) is 9.59 Å². The monoisotopic (exact) mass is 319 g/mol. The van der Waals surface area contributed by atoms with Crippen LogP contribution in [0.4, 0.5) is 16.2 Å². The van der Waals surface area contributed by atoms with E-state index in [2.05, 4.69) is 22.9 Å². The highest BCUT2D eigenvalue weighted by Crippen LogP contribution is 2.23. The van der Waals surface area contributed by atoms with Gasteiger partial charge in [0, 0.05) is 24.5 Å². The lowest BCUT2D eigenvalue weighted by Crippen LogP contribution is -2.43. The molecule has 3 amide bonds. The first-order chi connectivity index (χ1) is 11.1. The maximum atomic E-state index is 12.1. The molecule has 0 heterocycles. The van der Waals surface area contributed by atoms with Crippen LogP contribution in [0.5, 0.6) is 0 Å². The Kier molecular flexibility index (Phi) is 6.40. The number of benzene rings is 1. The van der Waals surface area contributed by atoms with Gasteiger partial charge in [-0.15, -0.1) is 0 Å². The van der Waals surface area contributed by atoms with E-state index in [0.717, 1.165) is 6.42 Å². The van der Waals surface area contributed by atoms with Crippen LogP contribution >= 0.6 is 0 Å². The van der Waals surface area contributed by atoms with Gasteiger partial charge in [0.2, 0.25) is 5.91 Å². The summed E-state index contributed by atoms with van der Waals surface area (Å²) in [6.45, 7) is 2.20. The van der Waals surface area contributed by atoms with Gasteiger partial charge in [0.05, 0.1) is 0 Å². The molecule has 3 N–H and O–H groups in total. The molecule has 2 atom stereocenters. The van der Waals surface area contributed by atoms with Crippen LogP contribution in [0.2, 0.25) is 0 Å². The van der Waals surface area contributed by atoms with E-state index < -0.39 is 0 Å². The minimum absolute atomic E-state index is 0.0159. The minimum Gasteiger partial charge on any atom is -0.375 e. The molecule has 6 heteroatoms. The molecule has 1 saturated carbocycles. The molecule has 126 valence electrons. The van der Waals surface area contributed by atoms with Gasteiger partial charge in [-0.05, 0) is 43.0 Å². The second-order valence-corrected chi connectivity index (χ2v) is 6.03. The highest BCUT2D eigenvalue weighted by Gasteiger charge is 2.22. The van der Waals surface area contributed by atoms with Crippen LogP contribution in [0, 0.1) is 5.92 Å². The number of ether oxygens (including phenoxy) is 1. The van der Waals surface area contributed by atoms with Crippen molar-refractivity contribution in [1.29, 1.82) is 0 Å². The molecule has 0 aliphatic heterocycles.